The highest BCUT2D eigenvalue weighted by Crippen LogP contribution is 2.49. The zero-order valence-electron chi connectivity index (χ0n) is 13.2. The fourth-order valence-corrected chi connectivity index (χ4v) is 3.45. The van der Waals surface area contributed by atoms with Gasteiger partial charge in [0.1, 0.15) is 12.0 Å². The Labute approximate surface area is 134 Å². The molecule has 3 aliphatic rings. The van der Waals surface area contributed by atoms with Crippen LogP contribution in [0, 0.1) is 16.2 Å². The van der Waals surface area contributed by atoms with Gasteiger partial charge >= 0.3 is 0 Å². The highest BCUT2D eigenvalue weighted by atomic mass is 16.5. The van der Waals surface area contributed by atoms with Crippen LogP contribution in [0.2, 0.25) is 0 Å². The molecule has 1 spiro atoms. The smallest absolute Gasteiger partial charge is 0.222 e. The molecule has 1 saturated heterocycles. The Balaban J connectivity index is 1.61. The van der Waals surface area contributed by atoms with Crippen molar-refractivity contribution < 1.29 is 9.47 Å². The number of aromatic nitrogens is 2. The summed E-state index contributed by atoms with van der Waals surface area (Å²) in [4.78, 5) is 8.56. The summed E-state index contributed by atoms with van der Waals surface area (Å²) in [7, 11) is 0. The van der Waals surface area contributed by atoms with E-state index in [4.69, 9.17) is 20.3 Å². The topological polar surface area (TPSA) is 104 Å². The van der Waals surface area contributed by atoms with Gasteiger partial charge in [-0.25, -0.2) is 9.97 Å². The summed E-state index contributed by atoms with van der Waals surface area (Å²) in [5.74, 6) is 1.16. The minimum absolute atomic E-state index is 0.0325. The third-order valence-electron chi connectivity index (χ3n) is 4.93. The lowest BCUT2D eigenvalue weighted by atomic mass is 9.64. The van der Waals surface area contributed by atoms with Gasteiger partial charge < -0.3 is 20.2 Å². The maximum absolute atomic E-state index is 8.07. The number of hydrogen-bond donors (Lipinski definition) is 3. The Bertz CT molecular complexity index is 743. The molecular weight excluding hydrogens is 294 g/mol. The standard InChI is InChI=1S/C16H19N5O2/c1-8(9(2)17)11-12-13(23-14(11)18)15(20-7-19-12)21-10-3-16(4-10)5-22-6-16/h7,10,17-18H,3-6H2,1-2H3,(H,19,20,21)/b11-8-,17-9?,18-14?. The molecule has 7 nitrogen and oxygen atoms in total. The van der Waals surface area contributed by atoms with Gasteiger partial charge in [0.15, 0.2) is 11.6 Å². The van der Waals surface area contributed by atoms with E-state index in [9.17, 15) is 0 Å². The van der Waals surface area contributed by atoms with Gasteiger partial charge in [0.25, 0.3) is 0 Å². The second-order valence-electron chi connectivity index (χ2n) is 6.70. The molecule has 3 heterocycles. The Morgan fingerprint density at radius 1 is 1.30 bits per heavy atom. The molecule has 4 rings (SSSR count). The lowest BCUT2D eigenvalue weighted by Crippen LogP contribution is -2.56. The van der Waals surface area contributed by atoms with Crippen molar-refractivity contribution in [3.63, 3.8) is 0 Å². The van der Waals surface area contributed by atoms with Crippen LogP contribution in [0.1, 0.15) is 32.4 Å². The maximum Gasteiger partial charge on any atom is 0.222 e. The Morgan fingerprint density at radius 2 is 2.04 bits per heavy atom. The van der Waals surface area contributed by atoms with Gasteiger partial charge in [-0.15, -0.1) is 0 Å². The molecule has 3 N–H and O–H groups in total. The monoisotopic (exact) mass is 313 g/mol. The van der Waals surface area contributed by atoms with Crippen LogP contribution in [0.15, 0.2) is 11.9 Å². The van der Waals surface area contributed by atoms with E-state index in [0.29, 0.717) is 45.6 Å². The van der Waals surface area contributed by atoms with Crippen molar-refractivity contribution in [2.45, 2.75) is 32.7 Å². The van der Waals surface area contributed by atoms with Gasteiger partial charge in [-0.2, -0.15) is 0 Å². The van der Waals surface area contributed by atoms with Crippen LogP contribution >= 0.6 is 0 Å². The lowest BCUT2D eigenvalue weighted by molar-refractivity contribution is -0.159. The third kappa shape index (κ3) is 2.15. The van der Waals surface area contributed by atoms with Crippen LogP contribution in [-0.2, 0) is 4.74 Å². The molecule has 2 aliphatic heterocycles. The normalized spacial score (nSPS) is 23.7. The Morgan fingerprint density at radius 3 is 2.65 bits per heavy atom. The molecular formula is C16H19N5O2. The molecule has 120 valence electrons. The minimum atomic E-state index is 0.0325. The largest absolute Gasteiger partial charge is 0.433 e. The van der Waals surface area contributed by atoms with Crippen LogP contribution in [0.25, 0.3) is 5.57 Å². The van der Waals surface area contributed by atoms with Gasteiger partial charge in [0.2, 0.25) is 5.90 Å². The van der Waals surface area contributed by atoms with Crippen molar-refractivity contribution in [2.75, 3.05) is 18.5 Å². The van der Waals surface area contributed by atoms with Crippen molar-refractivity contribution in [1.82, 2.24) is 9.97 Å². The molecule has 1 aromatic heterocycles. The molecule has 0 atom stereocenters. The molecule has 2 fully saturated rings. The molecule has 0 aromatic carbocycles. The van der Waals surface area contributed by atoms with E-state index in [0.717, 1.165) is 26.1 Å². The second kappa shape index (κ2) is 4.86. The van der Waals surface area contributed by atoms with E-state index < -0.39 is 0 Å². The molecule has 1 aliphatic carbocycles. The number of allylic oxidation sites excluding steroid dienone is 1. The molecule has 0 amide bonds. The molecule has 0 bridgehead atoms. The zero-order valence-corrected chi connectivity index (χ0v) is 13.2. The molecule has 7 heteroatoms. The number of anilines is 1. The molecule has 23 heavy (non-hydrogen) atoms. The van der Waals surface area contributed by atoms with Crippen LogP contribution < -0.4 is 10.1 Å². The Hall–Kier alpha value is -2.28. The van der Waals surface area contributed by atoms with E-state index in [-0.39, 0.29) is 5.90 Å². The second-order valence-corrected chi connectivity index (χ2v) is 6.70. The van der Waals surface area contributed by atoms with Gasteiger partial charge in [-0.1, -0.05) is 0 Å². The summed E-state index contributed by atoms with van der Waals surface area (Å²) >= 11 is 0. The zero-order chi connectivity index (χ0) is 16.2. The van der Waals surface area contributed by atoms with E-state index in [1.54, 1.807) is 6.92 Å². The predicted molar refractivity (Wildman–Crippen MR) is 86.3 cm³/mol. The fraction of sp³-hybridized carbons (Fsp3) is 0.500. The highest BCUT2D eigenvalue weighted by molar-refractivity contribution is 6.28. The Kier molecular flexibility index (Phi) is 3.02. The number of nitrogens with zero attached hydrogens (tertiary/aromatic N) is 2. The molecule has 1 saturated carbocycles. The van der Waals surface area contributed by atoms with E-state index in [2.05, 4.69) is 15.3 Å². The van der Waals surface area contributed by atoms with Crippen LogP contribution in [0.5, 0.6) is 5.75 Å². The van der Waals surface area contributed by atoms with Gasteiger partial charge in [0.05, 0.1) is 18.8 Å². The average Bonchev–Trinajstić information content (AvgIpc) is 2.76. The van der Waals surface area contributed by atoms with Crippen LogP contribution in [0.4, 0.5) is 5.82 Å². The molecule has 0 unspecified atom stereocenters. The molecule has 0 radical (unpaired) electrons. The third-order valence-corrected chi connectivity index (χ3v) is 4.93. The first-order chi connectivity index (χ1) is 11.0. The summed E-state index contributed by atoms with van der Waals surface area (Å²) in [6.45, 7) is 5.23. The fourth-order valence-electron chi connectivity index (χ4n) is 3.45. The van der Waals surface area contributed by atoms with Gasteiger partial charge in [-0.05, 0) is 32.3 Å². The number of ether oxygens (including phenoxy) is 2. The predicted octanol–water partition coefficient (Wildman–Crippen LogP) is 2.25. The lowest BCUT2D eigenvalue weighted by Gasteiger charge is -2.53. The summed E-state index contributed by atoms with van der Waals surface area (Å²) in [5.41, 5.74) is 2.65. The van der Waals surface area contributed by atoms with Crippen molar-refractivity contribution >= 4 is 23.0 Å². The van der Waals surface area contributed by atoms with Crippen molar-refractivity contribution in [1.29, 1.82) is 10.8 Å². The van der Waals surface area contributed by atoms with Crippen molar-refractivity contribution in [2.24, 2.45) is 5.41 Å². The first-order valence-electron chi connectivity index (χ1n) is 7.72. The number of nitrogens with one attached hydrogen (secondary N) is 3. The number of hydrogen-bond acceptors (Lipinski definition) is 7. The summed E-state index contributed by atoms with van der Waals surface area (Å²) in [6, 6.07) is 0.356. The van der Waals surface area contributed by atoms with E-state index >= 15 is 0 Å². The first-order valence-corrected chi connectivity index (χ1v) is 7.72. The highest BCUT2D eigenvalue weighted by Gasteiger charge is 2.50. The summed E-state index contributed by atoms with van der Waals surface area (Å²) in [6.07, 6.45) is 3.63. The number of fused-ring (bicyclic) bond motifs is 1. The SMILES string of the molecule is CC(=N)/C(C)=C1\C(=N)Oc2c(NC3CC4(COC4)C3)ncnc21. The van der Waals surface area contributed by atoms with Gasteiger partial charge in [-0.3, -0.25) is 5.41 Å². The average molecular weight is 313 g/mol. The van der Waals surface area contributed by atoms with Crippen molar-refractivity contribution in [3.8, 4) is 5.75 Å². The summed E-state index contributed by atoms with van der Waals surface area (Å²) in [5, 5.41) is 19.3. The van der Waals surface area contributed by atoms with Crippen molar-refractivity contribution in [3.05, 3.63) is 17.6 Å². The molecule has 1 aromatic rings. The van der Waals surface area contributed by atoms with E-state index in [1.807, 2.05) is 6.92 Å². The van der Waals surface area contributed by atoms with Crippen LogP contribution in [-0.4, -0.2) is 40.8 Å². The summed E-state index contributed by atoms with van der Waals surface area (Å²) < 4.78 is 10.9. The first kappa shape index (κ1) is 14.3. The quantitative estimate of drug-likeness (QED) is 0.742. The number of rotatable bonds is 3. The van der Waals surface area contributed by atoms with Crippen LogP contribution in [0.3, 0.4) is 0 Å². The van der Waals surface area contributed by atoms with E-state index in [1.165, 1.54) is 6.33 Å². The van der Waals surface area contributed by atoms with Gasteiger partial charge in [0, 0.05) is 17.2 Å². The minimum Gasteiger partial charge on any atom is -0.433 e. The maximum atomic E-state index is 8.07.